The molecule has 2 rings (SSSR count). The standard InChI is InChI=1S/C24H42O10.C6H10O2.C4H4O4.C2H6O2/c1-23(2,19(27)17-25)33-13-9-5-7-11-21(29)31-15-16-32-22(30)12-8-6-10-14-34-24(3,4)20(28)18-26;7-6-4-2-1-3-5-8-6;5-3-1-7-4(6)2-8-3;3-1-2-4/h25-26H,5-18H2,1-4H3;1-5H2;1-2H2;3-4H,1-2H2. The molecule has 18 heteroatoms. The molecule has 2 aliphatic rings. The van der Waals surface area contributed by atoms with Crippen molar-refractivity contribution >= 4 is 41.4 Å². The Morgan fingerprint density at radius 1 is 0.556 bits per heavy atom. The van der Waals surface area contributed by atoms with Crippen molar-refractivity contribution in [1.29, 1.82) is 0 Å². The summed E-state index contributed by atoms with van der Waals surface area (Å²) in [6.07, 6.45) is 8.37. The molecule has 0 amide bonds. The maximum Gasteiger partial charge on any atom is 0.344 e. The van der Waals surface area contributed by atoms with E-state index in [1.54, 1.807) is 27.7 Å². The highest BCUT2D eigenvalue weighted by atomic mass is 16.6. The van der Waals surface area contributed by atoms with Crippen molar-refractivity contribution in [2.45, 2.75) is 116 Å². The van der Waals surface area contributed by atoms with Crippen molar-refractivity contribution in [2.24, 2.45) is 0 Å². The van der Waals surface area contributed by atoms with Gasteiger partial charge in [-0.15, -0.1) is 0 Å². The van der Waals surface area contributed by atoms with Crippen molar-refractivity contribution in [3.8, 4) is 0 Å². The third-order valence-corrected chi connectivity index (χ3v) is 7.31. The first kappa shape index (κ1) is 52.6. The Bertz CT molecular complexity index is 993. The van der Waals surface area contributed by atoms with Crippen LogP contribution in [0.1, 0.15) is 105 Å². The molecule has 0 bridgehead atoms. The molecule has 18 nitrogen and oxygen atoms in total. The monoisotopic (exact) mass is 782 g/mol. The van der Waals surface area contributed by atoms with Crippen molar-refractivity contribution in [1.82, 2.24) is 0 Å². The Morgan fingerprint density at radius 2 is 0.981 bits per heavy atom. The summed E-state index contributed by atoms with van der Waals surface area (Å²) in [4.78, 5) is 77.0. The van der Waals surface area contributed by atoms with Gasteiger partial charge in [0.15, 0.2) is 24.8 Å². The van der Waals surface area contributed by atoms with Crippen LogP contribution in [0.25, 0.3) is 0 Å². The largest absolute Gasteiger partial charge is 0.466 e. The highest BCUT2D eigenvalue weighted by Gasteiger charge is 2.28. The molecule has 0 aliphatic carbocycles. The van der Waals surface area contributed by atoms with Crippen LogP contribution < -0.4 is 0 Å². The predicted octanol–water partition coefficient (Wildman–Crippen LogP) is 1.07. The van der Waals surface area contributed by atoms with Gasteiger partial charge in [0.1, 0.15) is 37.6 Å². The van der Waals surface area contributed by atoms with E-state index in [1.807, 2.05) is 0 Å². The average Bonchev–Trinajstić information content (AvgIpc) is 3.41. The topological polar surface area (TPSA) is 265 Å². The molecule has 2 heterocycles. The van der Waals surface area contributed by atoms with Gasteiger partial charge < -0.3 is 53.6 Å². The number of aliphatic hydroxyl groups is 4. The molecule has 4 N–H and O–H groups in total. The zero-order valence-electron chi connectivity index (χ0n) is 32.3. The molecule has 0 saturated carbocycles. The zero-order valence-corrected chi connectivity index (χ0v) is 32.3. The fourth-order valence-electron chi connectivity index (χ4n) is 3.92. The minimum atomic E-state index is -1.01. The van der Waals surface area contributed by atoms with Crippen molar-refractivity contribution in [3.63, 3.8) is 0 Å². The summed E-state index contributed by atoms with van der Waals surface area (Å²) in [5.74, 6) is -2.47. The van der Waals surface area contributed by atoms with Gasteiger partial charge in [-0.1, -0.05) is 12.8 Å². The van der Waals surface area contributed by atoms with E-state index in [0.29, 0.717) is 51.9 Å². The number of cyclic esters (lactones) is 3. The first-order chi connectivity index (χ1) is 25.6. The lowest BCUT2D eigenvalue weighted by Crippen LogP contribution is -2.37. The summed E-state index contributed by atoms with van der Waals surface area (Å²) >= 11 is 0. The first-order valence-electron chi connectivity index (χ1n) is 18.1. The smallest absolute Gasteiger partial charge is 0.344 e. The molecule has 0 atom stereocenters. The van der Waals surface area contributed by atoms with Crippen LogP contribution in [0.5, 0.6) is 0 Å². The fourth-order valence-corrected chi connectivity index (χ4v) is 3.92. The second kappa shape index (κ2) is 32.8. The van der Waals surface area contributed by atoms with E-state index >= 15 is 0 Å². The summed E-state index contributed by atoms with van der Waals surface area (Å²) in [6.45, 7) is 5.97. The number of carbonyl (C=O) groups is 7. The van der Waals surface area contributed by atoms with Crippen LogP contribution in [-0.2, 0) is 66.7 Å². The third kappa shape index (κ3) is 30.9. The average molecular weight is 783 g/mol. The van der Waals surface area contributed by atoms with Crippen LogP contribution in [0, 0.1) is 0 Å². The molecule has 314 valence electrons. The number of unbranched alkanes of at least 4 members (excludes halogenated alkanes) is 4. The maximum atomic E-state index is 11.7. The lowest BCUT2D eigenvalue weighted by molar-refractivity contribution is -0.174. The molecule has 2 aliphatic heterocycles. The maximum absolute atomic E-state index is 11.7. The lowest BCUT2D eigenvalue weighted by atomic mass is 10.0. The van der Waals surface area contributed by atoms with E-state index < -0.39 is 36.4 Å². The van der Waals surface area contributed by atoms with Gasteiger partial charge in [0.2, 0.25) is 0 Å². The van der Waals surface area contributed by atoms with Gasteiger partial charge in [0.05, 0.1) is 19.8 Å². The minimum absolute atomic E-state index is 0.00690. The van der Waals surface area contributed by atoms with Crippen LogP contribution in [0.4, 0.5) is 0 Å². The summed E-state index contributed by atoms with van der Waals surface area (Å²) in [5.41, 5.74) is -2.03. The van der Waals surface area contributed by atoms with Crippen LogP contribution in [0.2, 0.25) is 0 Å². The van der Waals surface area contributed by atoms with Gasteiger partial charge >= 0.3 is 29.8 Å². The molecular formula is C36H62O18. The number of carbonyl (C=O) groups excluding carboxylic acids is 7. The van der Waals surface area contributed by atoms with Gasteiger partial charge in [-0.25, -0.2) is 9.59 Å². The second-order valence-electron chi connectivity index (χ2n) is 12.7. The second-order valence-corrected chi connectivity index (χ2v) is 12.7. The van der Waals surface area contributed by atoms with Crippen molar-refractivity contribution in [3.05, 3.63) is 0 Å². The van der Waals surface area contributed by atoms with Crippen LogP contribution in [0.15, 0.2) is 0 Å². The van der Waals surface area contributed by atoms with Gasteiger partial charge in [-0.3, -0.25) is 24.0 Å². The van der Waals surface area contributed by atoms with Crippen LogP contribution >= 0.6 is 0 Å². The van der Waals surface area contributed by atoms with E-state index in [-0.39, 0.29) is 82.0 Å². The van der Waals surface area contributed by atoms with E-state index in [2.05, 4.69) is 9.47 Å². The highest BCUT2D eigenvalue weighted by molar-refractivity contribution is 5.87. The van der Waals surface area contributed by atoms with Gasteiger partial charge in [0, 0.05) is 32.5 Å². The Kier molecular flexibility index (Phi) is 32.0. The third-order valence-electron chi connectivity index (χ3n) is 7.31. The molecule has 2 fully saturated rings. The molecular weight excluding hydrogens is 720 g/mol. The number of Topliss-reactive ketones (excluding diaryl/α,β-unsaturated/α-hetero) is 2. The van der Waals surface area contributed by atoms with Gasteiger partial charge in [-0.2, -0.15) is 0 Å². The highest BCUT2D eigenvalue weighted by Crippen LogP contribution is 2.14. The number of ether oxygens (including phenoxy) is 7. The molecule has 0 aromatic heterocycles. The number of rotatable bonds is 22. The number of hydrogen-bond acceptors (Lipinski definition) is 18. The lowest BCUT2D eigenvalue weighted by Gasteiger charge is -2.22. The van der Waals surface area contributed by atoms with Crippen LogP contribution in [-0.4, -0.2) is 146 Å². The Labute approximate surface area is 317 Å². The first-order valence-corrected chi connectivity index (χ1v) is 18.1. The molecule has 0 aromatic rings. The Morgan fingerprint density at radius 3 is 1.35 bits per heavy atom. The predicted molar refractivity (Wildman–Crippen MR) is 189 cm³/mol. The van der Waals surface area contributed by atoms with E-state index in [1.165, 1.54) is 0 Å². The fraction of sp³-hybridized carbons (Fsp3) is 0.806. The van der Waals surface area contributed by atoms with Gasteiger partial charge in [-0.05, 0) is 72.6 Å². The molecule has 54 heavy (non-hydrogen) atoms. The summed E-state index contributed by atoms with van der Waals surface area (Å²) in [6, 6.07) is 0. The Hall–Kier alpha value is -3.55. The van der Waals surface area contributed by atoms with Gasteiger partial charge in [0.25, 0.3) is 0 Å². The van der Waals surface area contributed by atoms with Crippen molar-refractivity contribution < 1.29 is 87.1 Å². The molecule has 0 aromatic carbocycles. The molecule has 0 unspecified atom stereocenters. The SMILES string of the molecule is CC(C)(OCCCCCC(=O)OCCOC(=O)CCCCCOC(C)(C)C(=O)CO)C(=O)CO.O=C1CCCCCO1.O=C1COC(=O)CO1.OCCO. The van der Waals surface area contributed by atoms with E-state index in [0.717, 1.165) is 32.1 Å². The summed E-state index contributed by atoms with van der Waals surface area (Å²) in [5, 5.41) is 33.0. The number of aliphatic hydroxyl groups excluding tert-OH is 4. The van der Waals surface area contributed by atoms with E-state index in [9.17, 15) is 33.6 Å². The quantitative estimate of drug-likeness (QED) is 0.0680. The summed E-state index contributed by atoms with van der Waals surface area (Å²) in [7, 11) is 0. The minimum Gasteiger partial charge on any atom is -0.466 e. The number of hydrogen-bond donors (Lipinski definition) is 4. The van der Waals surface area contributed by atoms with Crippen molar-refractivity contribution in [2.75, 3.05) is 72.7 Å². The Balaban J connectivity index is 0. The normalized spacial score (nSPS) is 14.1. The number of esters is 5. The molecule has 2 saturated heterocycles. The molecule has 0 spiro atoms. The van der Waals surface area contributed by atoms with Crippen LogP contribution in [0.3, 0.4) is 0 Å². The zero-order chi connectivity index (χ0) is 41.3. The molecule has 0 radical (unpaired) electrons. The van der Waals surface area contributed by atoms with E-state index in [4.69, 9.17) is 44.1 Å². The summed E-state index contributed by atoms with van der Waals surface area (Å²) < 4.78 is 34.3. The number of ketones is 2.